The molecular formula is C8H14KNO. The summed E-state index contributed by atoms with van der Waals surface area (Å²) < 4.78 is 0. The van der Waals surface area contributed by atoms with Gasteiger partial charge in [-0.05, 0) is 18.3 Å². The Morgan fingerprint density at radius 1 is 1.18 bits per heavy atom. The van der Waals surface area contributed by atoms with Crippen LogP contribution in [-0.4, -0.2) is 19.2 Å². The third kappa shape index (κ3) is 2.27. The topological polar surface area (TPSA) is 35.1 Å². The summed E-state index contributed by atoms with van der Waals surface area (Å²) in [5, 5.41) is 14.2. The molecule has 1 saturated heterocycles. The van der Waals surface area contributed by atoms with E-state index in [1.54, 1.807) is 0 Å². The van der Waals surface area contributed by atoms with E-state index in [-0.39, 0.29) is 57.5 Å². The molecule has 0 bridgehead atoms. The molecule has 0 atom stereocenters. The number of hydrogen-bond donors (Lipinski definition) is 1. The molecule has 0 radical (unpaired) electrons. The molecule has 0 aromatic carbocycles. The first-order valence-corrected chi connectivity index (χ1v) is 4.17. The van der Waals surface area contributed by atoms with E-state index >= 15 is 0 Å². The van der Waals surface area contributed by atoms with Gasteiger partial charge in [0.15, 0.2) is 0 Å². The van der Waals surface area contributed by atoms with Crippen LogP contribution in [-0.2, 0) is 0 Å². The fourth-order valence-corrected chi connectivity index (χ4v) is 2.04. The number of nitrogens with one attached hydrogen (secondary N) is 1. The minimum absolute atomic E-state index is 0. The summed E-state index contributed by atoms with van der Waals surface area (Å²) in [6.45, 7) is 2.33. The van der Waals surface area contributed by atoms with Crippen LogP contribution in [0, 0.1) is 5.41 Å². The van der Waals surface area contributed by atoms with Crippen molar-refractivity contribution in [2.75, 3.05) is 13.1 Å². The molecule has 0 aromatic heterocycles. The van der Waals surface area contributed by atoms with Crippen molar-refractivity contribution in [1.82, 2.24) is 5.32 Å². The Morgan fingerprint density at radius 2 is 1.73 bits per heavy atom. The van der Waals surface area contributed by atoms with E-state index < -0.39 is 0 Å². The molecule has 0 amide bonds. The van der Waals surface area contributed by atoms with Gasteiger partial charge in [-0.2, -0.15) is 0 Å². The SMILES string of the molecule is [K+].[O-]C1CCC2(CC1)CNC2. The maximum Gasteiger partial charge on any atom is 1.00 e. The minimum Gasteiger partial charge on any atom is -0.852 e. The maximum atomic E-state index is 11.0. The van der Waals surface area contributed by atoms with Gasteiger partial charge in [0, 0.05) is 13.1 Å². The Bertz CT molecular complexity index is 126. The second-order valence-corrected chi connectivity index (χ2v) is 3.80. The van der Waals surface area contributed by atoms with Crippen LogP contribution in [0.25, 0.3) is 0 Å². The van der Waals surface area contributed by atoms with Crippen LogP contribution in [0.15, 0.2) is 0 Å². The molecule has 2 rings (SSSR count). The predicted molar refractivity (Wildman–Crippen MR) is 37.6 cm³/mol. The molecule has 2 aliphatic rings. The van der Waals surface area contributed by atoms with Gasteiger partial charge in [-0.15, -0.1) is 6.10 Å². The van der Waals surface area contributed by atoms with Crippen molar-refractivity contribution >= 4 is 0 Å². The van der Waals surface area contributed by atoms with Crippen LogP contribution in [0.4, 0.5) is 0 Å². The van der Waals surface area contributed by atoms with E-state index in [2.05, 4.69) is 5.32 Å². The van der Waals surface area contributed by atoms with Gasteiger partial charge in [-0.3, -0.25) is 0 Å². The first-order valence-electron chi connectivity index (χ1n) is 4.17. The van der Waals surface area contributed by atoms with E-state index in [4.69, 9.17) is 0 Å². The summed E-state index contributed by atoms with van der Waals surface area (Å²) in [6, 6.07) is 0. The number of rotatable bonds is 0. The van der Waals surface area contributed by atoms with E-state index in [0.717, 1.165) is 12.8 Å². The zero-order chi connectivity index (χ0) is 7.03. The van der Waals surface area contributed by atoms with Gasteiger partial charge in [0.2, 0.25) is 0 Å². The van der Waals surface area contributed by atoms with E-state index in [9.17, 15) is 5.11 Å². The summed E-state index contributed by atoms with van der Waals surface area (Å²) in [6.07, 6.45) is 3.94. The second kappa shape index (κ2) is 4.18. The summed E-state index contributed by atoms with van der Waals surface area (Å²) in [4.78, 5) is 0. The standard InChI is InChI=1S/C8H14NO.K/c10-7-1-3-8(4-2-7)5-9-6-8;/h7,9H,1-6H2;/q-1;+1. The monoisotopic (exact) mass is 179 g/mol. The van der Waals surface area contributed by atoms with Crippen LogP contribution >= 0.6 is 0 Å². The Morgan fingerprint density at radius 3 is 2.09 bits per heavy atom. The average molecular weight is 179 g/mol. The van der Waals surface area contributed by atoms with E-state index in [1.165, 1.54) is 25.9 Å². The first kappa shape index (κ1) is 10.6. The van der Waals surface area contributed by atoms with Crippen molar-refractivity contribution in [3.8, 4) is 0 Å². The Balaban J connectivity index is 0.000000605. The molecule has 2 nitrogen and oxygen atoms in total. The quantitative estimate of drug-likeness (QED) is 0.399. The Kier molecular flexibility index (Phi) is 4.04. The predicted octanol–water partition coefficient (Wildman–Crippen LogP) is -3.12. The third-order valence-electron chi connectivity index (χ3n) is 2.99. The molecule has 1 spiro atoms. The summed E-state index contributed by atoms with van der Waals surface area (Å²) in [5.74, 6) is 0. The normalized spacial score (nSPS) is 29.2. The summed E-state index contributed by atoms with van der Waals surface area (Å²) in [5.41, 5.74) is 0.570. The fourth-order valence-electron chi connectivity index (χ4n) is 2.04. The third-order valence-corrected chi connectivity index (χ3v) is 2.99. The molecular weight excluding hydrogens is 165 g/mol. The average Bonchev–Trinajstić information content (AvgIpc) is 1.86. The number of hydrogen-bond acceptors (Lipinski definition) is 2. The van der Waals surface area contributed by atoms with Gasteiger partial charge in [-0.25, -0.2) is 0 Å². The zero-order valence-electron chi connectivity index (χ0n) is 7.23. The van der Waals surface area contributed by atoms with Gasteiger partial charge >= 0.3 is 51.4 Å². The Hall–Kier alpha value is 1.56. The summed E-state index contributed by atoms with van der Waals surface area (Å²) in [7, 11) is 0. The van der Waals surface area contributed by atoms with Gasteiger partial charge in [-0.1, -0.05) is 12.8 Å². The molecule has 2 fully saturated rings. The Labute approximate surface area is 111 Å². The van der Waals surface area contributed by atoms with Crippen LogP contribution in [0.3, 0.4) is 0 Å². The molecule has 0 unspecified atom stereocenters. The van der Waals surface area contributed by atoms with E-state index in [0.29, 0.717) is 5.41 Å². The van der Waals surface area contributed by atoms with Crippen molar-refractivity contribution in [2.45, 2.75) is 31.8 Å². The maximum absolute atomic E-state index is 11.0. The summed E-state index contributed by atoms with van der Waals surface area (Å²) >= 11 is 0. The van der Waals surface area contributed by atoms with Crippen molar-refractivity contribution < 1.29 is 56.5 Å². The molecule has 1 saturated carbocycles. The molecule has 3 heteroatoms. The molecule has 0 aromatic rings. The van der Waals surface area contributed by atoms with Crippen LogP contribution < -0.4 is 61.8 Å². The first-order chi connectivity index (χ1) is 4.81. The van der Waals surface area contributed by atoms with Crippen molar-refractivity contribution in [1.29, 1.82) is 0 Å². The second-order valence-electron chi connectivity index (χ2n) is 3.80. The zero-order valence-corrected chi connectivity index (χ0v) is 10.4. The van der Waals surface area contributed by atoms with Gasteiger partial charge in [0.1, 0.15) is 0 Å². The molecule has 1 aliphatic carbocycles. The molecule has 11 heavy (non-hydrogen) atoms. The van der Waals surface area contributed by atoms with Crippen molar-refractivity contribution in [2.24, 2.45) is 5.41 Å². The molecule has 1 N–H and O–H groups in total. The minimum atomic E-state index is -0.244. The largest absolute Gasteiger partial charge is 1.00 e. The smallest absolute Gasteiger partial charge is 0.852 e. The van der Waals surface area contributed by atoms with Crippen LogP contribution in [0.1, 0.15) is 25.7 Å². The molecule has 1 heterocycles. The fraction of sp³-hybridized carbons (Fsp3) is 1.00. The molecule has 1 aliphatic heterocycles. The van der Waals surface area contributed by atoms with Gasteiger partial charge in [0.05, 0.1) is 0 Å². The van der Waals surface area contributed by atoms with Gasteiger partial charge < -0.3 is 10.4 Å². The molecule has 58 valence electrons. The van der Waals surface area contributed by atoms with Crippen molar-refractivity contribution in [3.63, 3.8) is 0 Å². The van der Waals surface area contributed by atoms with Crippen LogP contribution in [0.2, 0.25) is 0 Å². The van der Waals surface area contributed by atoms with E-state index in [1.807, 2.05) is 0 Å². The van der Waals surface area contributed by atoms with Gasteiger partial charge in [0.25, 0.3) is 0 Å². The van der Waals surface area contributed by atoms with Crippen LogP contribution in [0.5, 0.6) is 0 Å². The van der Waals surface area contributed by atoms with Crippen molar-refractivity contribution in [3.05, 3.63) is 0 Å².